The molecule has 0 saturated carbocycles. The van der Waals surface area contributed by atoms with Crippen LogP contribution < -0.4 is 16.0 Å². The molecule has 3 heterocycles. The van der Waals surface area contributed by atoms with Crippen molar-refractivity contribution in [1.82, 2.24) is 20.4 Å². The summed E-state index contributed by atoms with van der Waals surface area (Å²) < 4.78 is 5.43. The average Bonchev–Trinajstić information content (AvgIpc) is 3.06. The summed E-state index contributed by atoms with van der Waals surface area (Å²) in [5.74, 6) is -2.07. The molecule has 194 valence electrons. The first-order valence-electron chi connectivity index (χ1n) is 12.3. The van der Waals surface area contributed by atoms with Crippen LogP contribution in [0, 0.1) is 0 Å². The number of nitrogens with one attached hydrogen (secondary N) is 3. The van der Waals surface area contributed by atoms with Crippen molar-refractivity contribution in [2.75, 3.05) is 31.5 Å². The molecule has 0 bridgehead atoms. The molecule has 1 aromatic rings. The minimum Gasteiger partial charge on any atom is -0.444 e. The predicted octanol–water partition coefficient (Wildman–Crippen LogP) is 1.49. The van der Waals surface area contributed by atoms with Gasteiger partial charge < -0.3 is 20.3 Å². The Morgan fingerprint density at radius 2 is 1.72 bits per heavy atom. The number of carbonyl (C=O) groups is 5. The average molecular weight is 500 g/mol. The van der Waals surface area contributed by atoms with E-state index >= 15 is 0 Å². The Balaban J connectivity index is 1.24. The number of ether oxygens (including phenoxy) is 1. The first kappa shape index (κ1) is 25.6. The quantitative estimate of drug-likeness (QED) is 0.396. The fourth-order valence-electron chi connectivity index (χ4n) is 4.66. The lowest BCUT2D eigenvalue weighted by Gasteiger charge is -2.33. The highest BCUT2D eigenvalue weighted by atomic mass is 16.6. The van der Waals surface area contributed by atoms with E-state index in [-0.39, 0.29) is 30.1 Å². The van der Waals surface area contributed by atoms with Crippen LogP contribution in [0.2, 0.25) is 0 Å². The lowest BCUT2D eigenvalue weighted by Crippen LogP contribution is -2.54. The van der Waals surface area contributed by atoms with Gasteiger partial charge in [-0.2, -0.15) is 0 Å². The maximum atomic E-state index is 12.9. The van der Waals surface area contributed by atoms with Crippen molar-refractivity contribution in [2.24, 2.45) is 0 Å². The second-order valence-electron chi connectivity index (χ2n) is 10.3. The van der Waals surface area contributed by atoms with Crippen LogP contribution in [0.4, 0.5) is 10.5 Å². The lowest BCUT2D eigenvalue weighted by molar-refractivity contribution is -0.136. The van der Waals surface area contributed by atoms with E-state index in [9.17, 15) is 24.0 Å². The number of benzene rings is 1. The highest BCUT2D eigenvalue weighted by molar-refractivity contribution is 6.23. The van der Waals surface area contributed by atoms with Gasteiger partial charge in [0.1, 0.15) is 11.6 Å². The number of likely N-dealkylation sites (tertiary alicyclic amines) is 1. The number of rotatable bonds is 6. The molecule has 0 aliphatic carbocycles. The number of piperidine rings is 2. The summed E-state index contributed by atoms with van der Waals surface area (Å²) in [7, 11) is 0. The van der Waals surface area contributed by atoms with Crippen molar-refractivity contribution in [2.45, 2.75) is 64.1 Å². The van der Waals surface area contributed by atoms with Crippen LogP contribution >= 0.6 is 0 Å². The molecule has 0 aromatic heterocycles. The van der Waals surface area contributed by atoms with Crippen LogP contribution in [0.3, 0.4) is 0 Å². The summed E-state index contributed by atoms with van der Waals surface area (Å²) in [6.07, 6.45) is 1.62. The number of anilines is 1. The van der Waals surface area contributed by atoms with Crippen LogP contribution in [-0.4, -0.2) is 83.4 Å². The second-order valence-corrected chi connectivity index (χ2v) is 10.3. The summed E-state index contributed by atoms with van der Waals surface area (Å²) in [6, 6.07) is 4.27. The standard InChI is InChI=1S/C25H33N5O6/c1-25(2,3)36-24(35)29-12-8-15(9-13-29)26-10-11-27-16-4-5-17-18(14-16)23(34)30(22(17)33)19-6-7-20(31)28-21(19)32/h4-5,14-15,19,26-27H,6-13H2,1-3H3,(H,28,31,32). The lowest BCUT2D eigenvalue weighted by atomic mass is 10.0. The molecule has 1 aromatic carbocycles. The molecule has 3 aliphatic heterocycles. The third-order valence-electron chi connectivity index (χ3n) is 6.47. The molecule has 2 saturated heterocycles. The van der Waals surface area contributed by atoms with Crippen molar-refractivity contribution in [3.8, 4) is 0 Å². The zero-order chi connectivity index (χ0) is 26.0. The molecule has 0 radical (unpaired) electrons. The first-order chi connectivity index (χ1) is 17.0. The van der Waals surface area contributed by atoms with E-state index in [0.29, 0.717) is 37.9 Å². The van der Waals surface area contributed by atoms with Gasteiger partial charge in [-0.3, -0.25) is 29.4 Å². The van der Waals surface area contributed by atoms with E-state index in [1.165, 1.54) is 0 Å². The van der Waals surface area contributed by atoms with Crippen LogP contribution in [0.1, 0.15) is 67.2 Å². The van der Waals surface area contributed by atoms with Crippen molar-refractivity contribution in [3.05, 3.63) is 29.3 Å². The van der Waals surface area contributed by atoms with Crippen molar-refractivity contribution < 1.29 is 28.7 Å². The number of nitrogens with zero attached hydrogens (tertiary/aromatic N) is 2. The van der Waals surface area contributed by atoms with Gasteiger partial charge in [-0.1, -0.05) is 0 Å². The van der Waals surface area contributed by atoms with Gasteiger partial charge >= 0.3 is 6.09 Å². The topological polar surface area (TPSA) is 137 Å². The molecule has 3 N–H and O–H groups in total. The van der Waals surface area contributed by atoms with Crippen LogP contribution in [0.5, 0.6) is 0 Å². The zero-order valence-electron chi connectivity index (χ0n) is 20.9. The number of carbonyl (C=O) groups excluding carboxylic acids is 5. The van der Waals surface area contributed by atoms with E-state index in [1.807, 2.05) is 20.8 Å². The molecule has 4 rings (SSSR count). The first-order valence-corrected chi connectivity index (χ1v) is 12.3. The smallest absolute Gasteiger partial charge is 0.410 e. The minimum absolute atomic E-state index is 0.0870. The zero-order valence-corrected chi connectivity index (χ0v) is 20.9. The number of hydrogen-bond donors (Lipinski definition) is 3. The summed E-state index contributed by atoms with van der Waals surface area (Å²) in [6.45, 7) is 8.14. The van der Waals surface area contributed by atoms with Crippen molar-refractivity contribution >= 4 is 35.4 Å². The number of fused-ring (bicyclic) bond motifs is 1. The molecule has 36 heavy (non-hydrogen) atoms. The third kappa shape index (κ3) is 5.67. The Morgan fingerprint density at radius 1 is 1.03 bits per heavy atom. The maximum Gasteiger partial charge on any atom is 0.410 e. The monoisotopic (exact) mass is 499 g/mol. The largest absolute Gasteiger partial charge is 0.444 e. The molecule has 1 atom stereocenters. The highest BCUT2D eigenvalue weighted by Crippen LogP contribution is 2.29. The normalized spacial score (nSPS) is 20.9. The summed E-state index contributed by atoms with van der Waals surface area (Å²) in [4.78, 5) is 64.2. The fourth-order valence-corrected chi connectivity index (χ4v) is 4.66. The summed E-state index contributed by atoms with van der Waals surface area (Å²) in [5, 5.41) is 8.94. The van der Waals surface area contributed by atoms with Crippen molar-refractivity contribution in [1.29, 1.82) is 0 Å². The predicted molar refractivity (Wildman–Crippen MR) is 130 cm³/mol. The SMILES string of the molecule is CC(C)(C)OC(=O)N1CCC(NCCNc2ccc3c(c2)C(=O)N(C2CCC(=O)NC2=O)C3=O)CC1. The Morgan fingerprint density at radius 3 is 2.39 bits per heavy atom. The summed E-state index contributed by atoms with van der Waals surface area (Å²) in [5.41, 5.74) is 0.695. The van der Waals surface area contributed by atoms with Gasteiger partial charge in [0, 0.05) is 44.3 Å². The van der Waals surface area contributed by atoms with Gasteiger partial charge in [-0.15, -0.1) is 0 Å². The van der Waals surface area contributed by atoms with Gasteiger partial charge in [0.2, 0.25) is 11.8 Å². The highest BCUT2D eigenvalue weighted by Gasteiger charge is 2.44. The molecule has 11 nitrogen and oxygen atoms in total. The van der Waals surface area contributed by atoms with Gasteiger partial charge in [0.15, 0.2) is 0 Å². The molecule has 0 spiro atoms. The van der Waals surface area contributed by atoms with Gasteiger partial charge in [0.05, 0.1) is 11.1 Å². The molecule has 2 fully saturated rings. The van der Waals surface area contributed by atoms with Gasteiger partial charge in [0.25, 0.3) is 11.8 Å². The Labute approximate surface area is 209 Å². The van der Waals surface area contributed by atoms with Gasteiger partial charge in [-0.05, 0) is 58.2 Å². The van der Waals surface area contributed by atoms with Crippen molar-refractivity contribution in [3.63, 3.8) is 0 Å². The molecule has 11 heteroatoms. The molecule has 1 unspecified atom stereocenters. The Kier molecular flexibility index (Phi) is 7.30. The number of hydrogen-bond acceptors (Lipinski definition) is 8. The minimum atomic E-state index is -0.975. The van der Waals surface area contributed by atoms with Crippen LogP contribution in [0.25, 0.3) is 0 Å². The van der Waals surface area contributed by atoms with E-state index in [0.717, 1.165) is 17.7 Å². The number of imide groups is 2. The fraction of sp³-hybridized carbons (Fsp3) is 0.560. The van der Waals surface area contributed by atoms with Crippen LogP contribution in [0.15, 0.2) is 18.2 Å². The molecular formula is C25H33N5O6. The van der Waals surface area contributed by atoms with E-state index in [1.54, 1.807) is 23.1 Å². The second kappa shape index (κ2) is 10.3. The molecular weight excluding hydrogens is 466 g/mol. The summed E-state index contributed by atoms with van der Waals surface area (Å²) >= 11 is 0. The van der Waals surface area contributed by atoms with E-state index in [2.05, 4.69) is 16.0 Å². The van der Waals surface area contributed by atoms with E-state index < -0.39 is 35.3 Å². The van der Waals surface area contributed by atoms with E-state index in [4.69, 9.17) is 4.74 Å². The maximum absolute atomic E-state index is 12.9. The van der Waals surface area contributed by atoms with Gasteiger partial charge in [-0.25, -0.2) is 4.79 Å². The third-order valence-corrected chi connectivity index (χ3v) is 6.47. The Hall–Kier alpha value is -3.47. The Bertz CT molecular complexity index is 1070. The molecule has 5 amide bonds. The number of amides is 5. The van der Waals surface area contributed by atoms with Crippen LogP contribution in [-0.2, 0) is 14.3 Å². The molecule has 3 aliphatic rings.